The molecule has 7 nitrogen and oxygen atoms in total. The van der Waals surface area contributed by atoms with Crippen molar-refractivity contribution >= 4 is 5.91 Å². The van der Waals surface area contributed by atoms with Crippen LogP contribution in [-0.2, 0) is 14.3 Å². The van der Waals surface area contributed by atoms with E-state index in [1.807, 2.05) is 4.90 Å². The summed E-state index contributed by atoms with van der Waals surface area (Å²) in [5.41, 5.74) is 0. The maximum atomic E-state index is 12.0. The Bertz CT molecular complexity index is 486. The maximum Gasteiger partial charge on any atom is 0.248 e. The Morgan fingerprint density at radius 3 is 2.95 bits per heavy atom. The number of carbonyl (C=O) groups is 1. The summed E-state index contributed by atoms with van der Waals surface area (Å²) < 4.78 is 15.4. The standard InChI is InChI=1S/C14H21N3O4/c1-19-6-7-20-9-12(18)17-5-4-11(8-17)13-15-14(21-16-13)10-2-3-10/h10-11H,2-9H2,1H3. The lowest BCUT2D eigenvalue weighted by atomic mass is 10.1. The van der Waals surface area contributed by atoms with Crippen molar-refractivity contribution in [3.8, 4) is 0 Å². The van der Waals surface area contributed by atoms with E-state index in [-0.39, 0.29) is 18.4 Å². The van der Waals surface area contributed by atoms with Crippen LogP contribution in [0.1, 0.15) is 42.8 Å². The smallest absolute Gasteiger partial charge is 0.248 e. The molecule has 1 aromatic heterocycles. The summed E-state index contributed by atoms with van der Waals surface area (Å²) in [6, 6.07) is 0. The number of amides is 1. The number of methoxy groups -OCH3 is 1. The lowest BCUT2D eigenvalue weighted by molar-refractivity contribution is -0.135. The van der Waals surface area contributed by atoms with E-state index in [0.29, 0.717) is 25.7 Å². The van der Waals surface area contributed by atoms with Gasteiger partial charge in [-0.25, -0.2) is 0 Å². The third kappa shape index (κ3) is 3.59. The predicted molar refractivity (Wildman–Crippen MR) is 72.9 cm³/mol. The van der Waals surface area contributed by atoms with Crippen LogP contribution in [-0.4, -0.2) is 61.0 Å². The Kier molecular flexibility index (Phi) is 4.50. The Hall–Kier alpha value is -1.47. The first-order valence-corrected chi connectivity index (χ1v) is 7.46. The summed E-state index contributed by atoms with van der Waals surface area (Å²) >= 11 is 0. The minimum Gasteiger partial charge on any atom is -0.382 e. The van der Waals surface area contributed by atoms with Crippen molar-refractivity contribution in [2.45, 2.75) is 31.1 Å². The molecule has 1 atom stereocenters. The molecule has 2 fully saturated rings. The highest BCUT2D eigenvalue weighted by atomic mass is 16.5. The van der Waals surface area contributed by atoms with Crippen molar-refractivity contribution in [2.24, 2.45) is 0 Å². The highest BCUT2D eigenvalue weighted by Crippen LogP contribution is 2.39. The maximum absolute atomic E-state index is 12.0. The van der Waals surface area contributed by atoms with E-state index in [9.17, 15) is 4.79 Å². The topological polar surface area (TPSA) is 77.7 Å². The summed E-state index contributed by atoms with van der Waals surface area (Å²) in [5.74, 6) is 2.17. The van der Waals surface area contributed by atoms with Gasteiger partial charge in [-0.15, -0.1) is 0 Å². The number of hydrogen-bond acceptors (Lipinski definition) is 6. The molecule has 1 unspecified atom stereocenters. The third-order valence-corrected chi connectivity index (χ3v) is 3.95. The van der Waals surface area contributed by atoms with Gasteiger partial charge >= 0.3 is 0 Å². The van der Waals surface area contributed by atoms with Crippen LogP contribution in [0.4, 0.5) is 0 Å². The van der Waals surface area contributed by atoms with Crippen molar-refractivity contribution in [1.29, 1.82) is 0 Å². The zero-order chi connectivity index (χ0) is 14.7. The number of likely N-dealkylation sites (tertiary alicyclic amines) is 1. The van der Waals surface area contributed by atoms with Crippen LogP contribution in [0.25, 0.3) is 0 Å². The highest BCUT2D eigenvalue weighted by molar-refractivity contribution is 5.77. The van der Waals surface area contributed by atoms with Crippen molar-refractivity contribution in [3.05, 3.63) is 11.7 Å². The molecule has 0 radical (unpaired) electrons. The summed E-state index contributed by atoms with van der Waals surface area (Å²) in [6.07, 6.45) is 3.18. The molecule has 1 saturated heterocycles. The summed E-state index contributed by atoms with van der Waals surface area (Å²) in [6.45, 7) is 2.42. The minimum absolute atomic E-state index is 0.0134. The number of aromatic nitrogens is 2. The molecular formula is C14H21N3O4. The van der Waals surface area contributed by atoms with Gasteiger partial charge in [-0.1, -0.05) is 5.16 Å². The van der Waals surface area contributed by atoms with Crippen LogP contribution < -0.4 is 0 Å². The quantitative estimate of drug-likeness (QED) is 0.696. The molecule has 0 aromatic carbocycles. The van der Waals surface area contributed by atoms with E-state index in [1.54, 1.807) is 7.11 Å². The molecule has 2 aliphatic rings. The van der Waals surface area contributed by atoms with Gasteiger partial charge in [0, 0.05) is 32.0 Å². The first-order chi connectivity index (χ1) is 10.3. The largest absolute Gasteiger partial charge is 0.382 e. The number of nitrogens with zero attached hydrogens (tertiary/aromatic N) is 3. The molecule has 1 saturated carbocycles. The average Bonchev–Trinajstić information content (AvgIpc) is 3.04. The first-order valence-electron chi connectivity index (χ1n) is 7.46. The van der Waals surface area contributed by atoms with Gasteiger partial charge < -0.3 is 18.9 Å². The van der Waals surface area contributed by atoms with E-state index >= 15 is 0 Å². The molecule has 1 aromatic rings. The van der Waals surface area contributed by atoms with E-state index in [0.717, 1.165) is 37.5 Å². The fourth-order valence-corrected chi connectivity index (χ4v) is 2.50. The number of carbonyl (C=O) groups excluding carboxylic acids is 1. The second-order valence-electron chi connectivity index (χ2n) is 5.64. The molecule has 7 heteroatoms. The van der Waals surface area contributed by atoms with E-state index < -0.39 is 0 Å². The minimum atomic E-state index is 0.0134. The molecule has 0 bridgehead atoms. The molecule has 0 spiro atoms. The molecule has 2 heterocycles. The molecule has 3 rings (SSSR count). The Labute approximate surface area is 123 Å². The van der Waals surface area contributed by atoms with Crippen LogP contribution in [0.2, 0.25) is 0 Å². The van der Waals surface area contributed by atoms with Crippen LogP contribution in [0.15, 0.2) is 4.52 Å². The fourth-order valence-electron chi connectivity index (χ4n) is 2.50. The van der Waals surface area contributed by atoms with Crippen molar-refractivity contribution < 1.29 is 18.8 Å². The Morgan fingerprint density at radius 2 is 2.19 bits per heavy atom. The van der Waals surface area contributed by atoms with E-state index in [1.165, 1.54) is 0 Å². The molecule has 1 aliphatic carbocycles. The Morgan fingerprint density at radius 1 is 1.33 bits per heavy atom. The second-order valence-corrected chi connectivity index (χ2v) is 5.64. The monoisotopic (exact) mass is 295 g/mol. The highest BCUT2D eigenvalue weighted by Gasteiger charge is 2.34. The van der Waals surface area contributed by atoms with Gasteiger partial charge in [-0.2, -0.15) is 4.98 Å². The summed E-state index contributed by atoms with van der Waals surface area (Å²) in [4.78, 5) is 18.3. The summed E-state index contributed by atoms with van der Waals surface area (Å²) in [5, 5.41) is 4.07. The molecule has 1 amide bonds. The first kappa shape index (κ1) is 14.5. The van der Waals surface area contributed by atoms with Crippen molar-refractivity contribution in [1.82, 2.24) is 15.0 Å². The van der Waals surface area contributed by atoms with E-state index in [2.05, 4.69) is 10.1 Å². The fraction of sp³-hybridized carbons (Fsp3) is 0.786. The lowest BCUT2D eigenvalue weighted by Crippen LogP contribution is -2.32. The van der Waals surface area contributed by atoms with Gasteiger partial charge in [0.2, 0.25) is 11.8 Å². The SMILES string of the molecule is COCCOCC(=O)N1CCC(c2noc(C3CC3)n2)C1. The number of hydrogen-bond donors (Lipinski definition) is 0. The number of ether oxygens (including phenoxy) is 2. The van der Waals surface area contributed by atoms with Gasteiger partial charge in [0.15, 0.2) is 5.82 Å². The van der Waals surface area contributed by atoms with Crippen molar-refractivity contribution in [3.63, 3.8) is 0 Å². The van der Waals surface area contributed by atoms with Crippen molar-refractivity contribution in [2.75, 3.05) is 40.0 Å². The summed E-state index contributed by atoms with van der Waals surface area (Å²) in [7, 11) is 1.61. The molecule has 116 valence electrons. The predicted octanol–water partition coefficient (Wildman–Crippen LogP) is 0.926. The van der Waals surface area contributed by atoms with Crippen LogP contribution in [0, 0.1) is 0 Å². The van der Waals surface area contributed by atoms with Gasteiger partial charge in [0.1, 0.15) is 6.61 Å². The van der Waals surface area contributed by atoms with E-state index in [4.69, 9.17) is 14.0 Å². The average molecular weight is 295 g/mol. The lowest BCUT2D eigenvalue weighted by Gasteiger charge is -2.15. The molecular weight excluding hydrogens is 274 g/mol. The Balaban J connectivity index is 1.46. The second kappa shape index (κ2) is 6.53. The molecule has 0 N–H and O–H groups in total. The van der Waals surface area contributed by atoms with Gasteiger partial charge in [0.05, 0.1) is 13.2 Å². The molecule has 1 aliphatic heterocycles. The zero-order valence-electron chi connectivity index (χ0n) is 12.3. The van der Waals surface area contributed by atoms with Crippen LogP contribution >= 0.6 is 0 Å². The van der Waals surface area contributed by atoms with Gasteiger partial charge in [-0.3, -0.25) is 4.79 Å². The zero-order valence-corrected chi connectivity index (χ0v) is 12.3. The van der Waals surface area contributed by atoms with Crippen LogP contribution in [0.5, 0.6) is 0 Å². The molecule has 21 heavy (non-hydrogen) atoms. The third-order valence-electron chi connectivity index (χ3n) is 3.95. The normalized spacial score (nSPS) is 22.0. The van der Waals surface area contributed by atoms with Gasteiger partial charge in [-0.05, 0) is 19.3 Å². The van der Waals surface area contributed by atoms with Gasteiger partial charge in [0.25, 0.3) is 0 Å². The number of rotatable bonds is 7. The van der Waals surface area contributed by atoms with Crippen LogP contribution in [0.3, 0.4) is 0 Å².